The smallest absolute Gasteiger partial charge is 0.192 e. The number of aromatic nitrogens is 3. The molecule has 0 saturated carbocycles. The Hall–Kier alpha value is -2.14. The Morgan fingerprint density at radius 3 is 2.94 bits per heavy atom. The first-order valence-corrected chi connectivity index (χ1v) is 5.80. The number of rotatable bonds is 2. The summed E-state index contributed by atoms with van der Waals surface area (Å²) in [7, 11) is 0. The minimum atomic E-state index is 0.410. The van der Waals surface area contributed by atoms with E-state index in [-0.39, 0.29) is 0 Å². The quantitative estimate of drug-likeness (QED) is 0.722. The van der Waals surface area contributed by atoms with E-state index in [1.807, 2.05) is 32.0 Å². The number of nitrogens with one attached hydrogen (secondary N) is 1. The number of nitrogens with zero attached hydrogens (tertiary/aromatic N) is 2. The highest BCUT2D eigenvalue weighted by atomic mass is 16.3. The zero-order chi connectivity index (χ0) is 12.7. The summed E-state index contributed by atoms with van der Waals surface area (Å²) in [5.41, 5.74) is 11.3. The molecule has 0 unspecified atom stereocenters. The van der Waals surface area contributed by atoms with E-state index in [0.717, 1.165) is 33.6 Å². The van der Waals surface area contributed by atoms with Gasteiger partial charge in [0.15, 0.2) is 11.5 Å². The lowest BCUT2D eigenvalue weighted by Crippen LogP contribution is -1.98. The molecule has 5 nitrogen and oxygen atoms in total. The van der Waals surface area contributed by atoms with Crippen molar-refractivity contribution in [2.45, 2.75) is 20.4 Å². The number of aryl methyl sites for hydroxylation is 2. The number of hydrogen-bond donors (Lipinski definition) is 2. The molecule has 0 amide bonds. The Labute approximate surface area is 104 Å². The van der Waals surface area contributed by atoms with Crippen LogP contribution in [0.3, 0.4) is 0 Å². The fourth-order valence-corrected chi connectivity index (χ4v) is 2.21. The third kappa shape index (κ3) is 1.60. The predicted molar refractivity (Wildman–Crippen MR) is 69.0 cm³/mol. The number of fused-ring (bicyclic) bond motifs is 1. The van der Waals surface area contributed by atoms with Crippen LogP contribution < -0.4 is 5.73 Å². The number of benzene rings is 1. The van der Waals surface area contributed by atoms with Gasteiger partial charge in [0.25, 0.3) is 0 Å². The molecular weight excluding hydrogens is 228 g/mol. The van der Waals surface area contributed by atoms with Crippen molar-refractivity contribution in [1.29, 1.82) is 0 Å². The van der Waals surface area contributed by atoms with Crippen molar-refractivity contribution in [3.8, 4) is 11.1 Å². The molecule has 18 heavy (non-hydrogen) atoms. The van der Waals surface area contributed by atoms with Gasteiger partial charge in [-0.3, -0.25) is 5.10 Å². The third-order valence-electron chi connectivity index (χ3n) is 3.00. The van der Waals surface area contributed by atoms with E-state index >= 15 is 0 Å². The number of nitrogens with two attached hydrogens (primary N) is 1. The molecule has 5 heteroatoms. The van der Waals surface area contributed by atoms with Crippen LogP contribution in [-0.4, -0.2) is 15.2 Å². The highest BCUT2D eigenvalue weighted by molar-refractivity contribution is 5.81. The number of hydrogen-bond acceptors (Lipinski definition) is 4. The van der Waals surface area contributed by atoms with Crippen LogP contribution in [0, 0.1) is 13.8 Å². The van der Waals surface area contributed by atoms with E-state index in [1.165, 1.54) is 0 Å². The molecule has 0 radical (unpaired) electrons. The standard InChI is InChI=1S/C13H14N4O/c1-7-13(11(6-14)17-16-7)9-3-4-10-12(5-9)18-8(2)15-10/h3-5H,6,14H2,1-2H3,(H,16,17). The molecule has 2 aromatic heterocycles. The minimum absolute atomic E-state index is 0.410. The van der Waals surface area contributed by atoms with Gasteiger partial charge in [0.2, 0.25) is 0 Å². The zero-order valence-electron chi connectivity index (χ0n) is 10.3. The van der Waals surface area contributed by atoms with Crippen molar-refractivity contribution >= 4 is 11.1 Å². The van der Waals surface area contributed by atoms with E-state index < -0.39 is 0 Å². The van der Waals surface area contributed by atoms with Crippen LogP contribution in [0.2, 0.25) is 0 Å². The number of aromatic amines is 1. The van der Waals surface area contributed by atoms with Crippen LogP contribution in [0.1, 0.15) is 17.3 Å². The highest BCUT2D eigenvalue weighted by Crippen LogP contribution is 2.28. The van der Waals surface area contributed by atoms with Crippen molar-refractivity contribution in [2.24, 2.45) is 5.73 Å². The third-order valence-corrected chi connectivity index (χ3v) is 3.00. The zero-order valence-corrected chi connectivity index (χ0v) is 10.3. The predicted octanol–water partition coefficient (Wildman–Crippen LogP) is 2.29. The largest absolute Gasteiger partial charge is 0.441 e. The van der Waals surface area contributed by atoms with Gasteiger partial charge in [0, 0.05) is 24.7 Å². The molecule has 0 aliphatic carbocycles. The second-order valence-electron chi connectivity index (χ2n) is 4.29. The summed E-state index contributed by atoms with van der Waals surface area (Å²) in [6, 6.07) is 5.95. The maximum Gasteiger partial charge on any atom is 0.192 e. The first kappa shape index (κ1) is 11.0. The molecule has 0 saturated heterocycles. The van der Waals surface area contributed by atoms with Crippen LogP contribution >= 0.6 is 0 Å². The summed E-state index contributed by atoms with van der Waals surface area (Å²) in [6.45, 7) is 4.23. The highest BCUT2D eigenvalue weighted by Gasteiger charge is 2.13. The van der Waals surface area contributed by atoms with Gasteiger partial charge in [-0.25, -0.2) is 4.98 Å². The summed E-state index contributed by atoms with van der Waals surface area (Å²) in [6.07, 6.45) is 0. The normalized spacial score (nSPS) is 11.3. The fourth-order valence-electron chi connectivity index (χ4n) is 2.21. The van der Waals surface area contributed by atoms with Gasteiger partial charge in [-0.2, -0.15) is 5.10 Å². The molecule has 92 valence electrons. The Morgan fingerprint density at radius 2 is 2.17 bits per heavy atom. The van der Waals surface area contributed by atoms with Gasteiger partial charge in [-0.1, -0.05) is 6.07 Å². The maximum absolute atomic E-state index is 5.70. The van der Waals surface area contributed by atoms with E-state index in [1.54, 1.807) is 0 Å². The van der Waals surface area contributed by atoms with E-state index in [4.69, 9.17) is 10.2 Å². The van der Waals surface area contributed by atoms with Gasteiger partial charge >= 0.3 is 0 Å². The molecule has 1 aromatic carbocycles. The van der Waals surface area contributed by atoms with Crippen LogP contribution in [0.15, 0.2) is 22.6 Å². The molecule has 0 aliphatic rings. The topological polar surface area (TPSA) is 80.7 Å². The summed E-state index contributed by atoms with van der Waals surface area (Å²) in [5.74, 6) is 0.671. The van der Waals surface area contributed by atoms with Crippen molar-refractivity contribution in [2.75, 3.05) is 0 Å². The molecule has 0 bridgehead atoms. The molecule has 3 N–H and O–H groups in total. The van der Waals surface area contributed by atoms with Crippen molar-refractivity contribution in [3.05, 3.63) is 35.5 Å². The lowest BCUT2D eigenvalue weighted by Gasteiger charge is -2.02. The Balaban J connectivity index is 2.21. The van der Waals surface area contributed by atoms with Crippen LogP contribution in [0.4, 0.5) is 0 Å². The molecule has 3 rings (SSSR count). The average Bonchev–Trinajstić information content (AvgIpc) is 2.89. The Kier molecular flexibility index (Phi) is 2.41. The van der Waals surface area contributed by atoms with E-state index in [0.29, 0.717) is 12.4 Å². The second-order valence-corrected chi connectivity index (χ2v) is 4.29. The van der Waals surface area contributed by atoms with Crippen LogP contribution in [0.25, 0.3) is 22.2 Å². The molecule has 0 fully saturated rings. The minimum Gasteiger partial charge on any atom is -0.441 e. The molecular formula is C13H14N4O. The van der Waals surface area contributed by atoms with E-state index in [9.17, 15) is 0 Å². The molecule has 0 spiro atoms. The number of oxazole rings is 1. The molecule has 0 aliphatic heterocycles. The first-order valence-electron chi connectivity index (χ1n) is 5.80. The van der Waals surface area contributed by atoms with Gasteiger partial charge < -0.3 is 10.2 Å². The molecule has 3 aromatic rings. The average molecular weight is 242 g/mol. The molecule has 2 heterocycles. The van der Waals surface area contributed by atoms with Gasteiger partial charge in [-0.15, -0.1) is 0 Å². The summed E-state index contributed by atoms with van der Waals surface area (Å²) >= 11 is 0. The lowest BCUT2D eigenvalue weighted by molar-refractivity contribution is 0.561. The second kappa shape index (κ2) is 3.96. The van der Waals surface area contributed by atoms with E-state index in [2.05, 4.69) is 15.2 Å². The Morgan fingerprint density at radius 1 is 1.33 bits per heavy atom. The fraction of sp³-hybridized carbons (Fsp3) is 0.231. The van der Waals surface area contributed by atoms with Gasteiger partial charge in [-0.05, 0) is 24.6 Å². The summed E-state index contributed by atoms with van der Waals surface area (Å²) in [5, 5.41) is 7.16. The van der Waals surface area contributed by atoms with Crippen molar-refractivity contribution < 1.29 is 4.42 Å². The molecule has 0 atom stereocenters. The SMILES string of the molecule is Cc1nc2ccc(-c3c(CN)n[nH]c3C)cc2o1. The van der Waals surface area contributed by atoms with Gasteiger partial charge in [0.05, 0.1) is 5.69 Å². The van der Waals surface area contributed by atoms with Crippen molar-refractivity contribution in [3.63, 3.8) is 0 Å². The monoisotopic (exact) mass is 242 g/mol. The lowest BCUT2D eigenvalue weighted by atomic mass is 10.0. The summed E-state index contributed by atoms with van der Waals surface area (Å²) in [4.78, 5) is 4.29. The number of H-pyrrole nitrogens is 1. The van der Waals surface area contributed by atoms with Crippen LogP contribution in [-0.2, 0) is 6.54 Å². The first-order chi connectivity index (χ1) is 8.69. The van der Waals surface area contributed by atoms with Crippen LogP contribution in [0.5, 0.6) is 0 Å². The summed E-state index contributed by atoms with van der Waals surface area (Å²) < 4.78 is 5.55. The van der Waals surface area contributed by atoms with Crippen molar-refractivity contribution in [1.82, 2.24) is 15.2 Å². The Bertz CT molecular complexity index is 711. The van der Waals surface area contributed by atoms with Gasteiger partial charge in [0.1, 0.15) is 5.52 Å². The maximum atomic E-state index is 5.70.